The van der Waals surface area contributed by atoms with E-state index in [0.29, 0.717) is 12.5 Å². The standard InChI is InChI=1S/C18H19N5/c1-2-4-15(5-3-1)8-12-20-18-21-13-9-17(23-18)22-14-16-6-10-19-11-7-16/h1-7,9-11,13H,8,12,14H2,(H2,20,21,22,23). The van der Waals surface area contributed by atoms with Crippen LogP contribution in [0.25, 0.3) is 0 Å². The minimum atomic E-state index is 0.639. The average Bonchev–Trinajstić information content (AvgIpc) is 2.62. The highest BCUT2D eigenvalue weighted by molar-refractivity contribution is 5.40. The van der Waals surface area contributed by atoms with Gasteiger partial charge in [0.2, 0.25) is 5.95 Å². The van der Waals surface area contributed by atoms with Gasteiger partial charge in [0.05, 0.1) is 0 Å². The fourth-order valence-electron chi connectivity index (χ4n) is 2.20. The molecule has 0 aliphatic rings. The normalized spacial score (nSPS) is 10.3. The molecule has 0 unspecified atom stereocenters. The molecule has 5 heteroatoms. The van der Waals surface area contributed by atoms with E-state index in [9.17, 15) is 0 Å². The zero-order valence-electron chi connectivity index (χ0n) is 12.8. The minimum Gasteiger partial charge on any atom is -0.366 e. The second kappa shape index (κ2) is 7.89. The molecule has 0 saturated heterocycles. The van der Waals surface area contributed by atoms with Gasteiger partial charge in [-0.2, -0.15) is 4.98 Å². The molecule has 0 saturated carbocycles. The molecular formula is C18H19N5. The van der Waals surface area contributed by atoms with Gasteiger partial charge in [-0.25, -0.2) is 4.98 Å². The first-order valence-corrected chi connectivity index (χ1v) is 7.64. The Morgan fingerprint density at radius 3 is 2.43 bits per heavy atom. The number of hydrogen-bond donors (Lipinski definition) is 2. The molecule has 1 aromatic carbocycles. The Labute approximate surface area is 135 Å². The molecule has 0 aliphatic heterocycles. The molecule has 0 atom stereocenters. The van der Waals surface area contributed by atoms with Crippen molar-refractivity contribution in [2.24, 2.45) is 0 Å². The van der Waals surface area contributed by atoms with Crippen molar-refractivity contribution in [3.63, 3.8) is 0 Å². The van der Waals surface area contributed by atoms with Crippen LogP contribution in [0.4, 0.5) is 11.8 Å². The van der Waals surface area contributed by atoms with E-state index in [2.05, 4.69) is 49.9 Å². The van der Waals surface area contributed by atoms with E-state index in [1.807, 2.05) is 24.3 Å². The maximum absolute atomic E-state index is 4.47. The van der Waals surface area contributed by atoms with Gasteiger partial charge in [0, 0.05) is 31.7 Å². The topological polar surface area (TPSA) is 62.7 Å². The summed E-state index contributed by atoms with van der Waals surface area (Å²) in [5.74, 6) is 1.44. The van der Waals surface area contributed by atoms with Gasteiger partial charge < -0.3 is 10.6 Å². The molecule has 2 N–H and O–H groups in total. The van der Waals surface area contributed by atoms with Crippen molar-refractivity contribution in [2.45, 2.75) is 13.0 Å². The quantitative estimate of drug-likeness (QED) is 0.702. The number of anilines is 2. The van der Waals surface area contributed by atoms with Crippen LogP contribution in [0.3, 0.4) is 0 Å². The monoisotopic (exact) mass is 305 g/mol. The van der Waals surface area contributed by atoms with Crippen LogP contribution in [-0.4, -0.2) is 21.5 Å². The lowest BCUT2D eigenvalue weighted by Crippen LogP contribution is -2.09. The number of hydrogen-bond acceptors (Lipinski definition) is 5. The van der Waals surface area contributed by atoms with E-state index >= 15 is 0 Å². The van der Waals surface area contributed by atoms with E-state index in [-0.39, 0.29) is 0 Å². The molecule has 0 radical (unpaired) electrons. The van der Waals surface area contributed by atoms with Crippen molar-refractivity contribution in [2.75, 3.05) is 17.2 Å². The average molecular weight is 305 g/mol. The molecule has 5 nitrogen and oxygen atoms in total. The van der Waals surface area contributed by atoms with Crippen molar-refractivity contribution in [3.05, 3.63) is 78.2 Å². The zero-order valence-corrected chi connectivity index (χ0v) is 12.8. The molecular weight excluding hydrogens is 286 g/mol. The van der Waals surface area contributed by atoms with E-state index in [1.54, 1.807) is 18.6 Å². The Morgan fingerprint density at radius 1 is 0.783 bits per heavy atom. The predicted molar refractivity (Wildman–Crippen MR) is 92.2 cm³/mol. The van der Waals surface area contributed by atoms with Crippen LogP contribution in [0.15, 0.2) is 67.1 Å². The Balaban J connectivity index is 1.51. The van der Waals surface area contributed by atoms with Crippen LogP contribution in [-0.2, 0) is 13.0 Å². The Morgan fingerprint density at radius 2 is 1.61 bits per heavy atom. The van der Waals surface area contributed by atoms with E-state index in [0.717, 1.165) is 24.3 Å². The largest absolute Gasteiger partial charge is 0.366 e. The summed E-state index contributed by atoms with van der Waals surface area (Å²) in [6.45, 7) is 1.51. The van der Waals surface area contributed by atoms with Crippen molar-refractivity contribution < 1.29 is 0 Å². The maximum atomic E-state index is 4.47. The van der Waals surface area contributed by atoms with Crippen LogP contribution in [0, 0.1) is 0 Å². The third-order valence-electron chi connectivity index (χ3n) is 3.42. The molecule has 0 fully saturated rings. The molecule has 23 heavy (non-hydrogen) atoms. The maximum Gasteiger partial charge on any atom is 0.224 e. The number of nitrogens with zero attached hydrogens (tertiary/aromatic N) is 3. The molecule has 0 aliphatic carbocycles. The first-order chi connectivity index (χ1) is 11.4. The molecule has 116 valence electrons. The summed E-state index contributed by atoms with van der Waals surface area (Å²) in [4.78, 5) is 12.7. The van der Waals surface area contributed by atoms with E-state index in [1.165, 1.54) is 5.56 Å². The Bertz CT molecular complexity index is 716. The van der Waals surface area contributed by atoms with Crippen LogP contribution >= 0.6 is 0 Å². The molecule has 0 amide bonds. The van der Waals surface area contributed by atoms with Crippen molar-refractivity contribution in [3.8, 4) is 0 Å². The van der Waals surface area contributed by atoms with Gasteiger partial charge in [0.1, 0.15) is 5.82 Å². The number of pyridine rings is 1. The summed E-state index contributed by atoms with van der Waals surface area (Å²) in [6.07, 6.45) is 6.27. The second-order valence-electron chi connectivity index (χ2n) is 5.14. The van der Waals surface area contributed by atoms with Gasteiger partial charge in [0.25, 0.3) is 0 Å². The molecule has 0 bridgehead atoms. The summed E-state index contributed by atoms with van der Waals surface area (Å²) in [6, 6.07) is 16.2. The van der Waals surface area contributed by atoms with Crippen LogP contribution in [0.2, 0.25) is 0 Å². The highest BCUT2D eigenvalue weighted by Gasteiger charge is 1.99. The SMILES string of the molecule is c1ccc(CCNc2nccc(NCc3ccncc3)n2)cc1. The van der Waals surface area contributed by atoms with E-state index < -0.39 is 0 Å². The van der Waals surface area contributed by atoms with Gasteiger partial charge in [-0.1, -0.05) is 30.3 Å². The lowest BCUT2D eigenvalue weighted by atomic mass is 10.1. The van der Waals surface area contributed by atoms with Gasteiger partial charge >= 0.3 is 0 Å². The first kappa shape index (κ1) is 15.0. The first-order valence-electron chi connectivity index (χ1n) is 7.64. The van der Waals surface area contributed by atoms with Crippen molar-refractivity contribution >= 4 is 11.8 Å². The van der Waals surface area contributed by atoms with Crippen molar-refractivity contribution in [1.29, 1.82) is 0 Å². The van der Waals surface area contributed by atoms with Gasteiger partial charge in [-0.05, 0) is 35.7 Å². The molecule has 2 heterocycles. The highest BCUT2D eigenvalue weighted by Crippen LogP contribution is 2.08. The molecule has 3 rings (SSSR count). The molecule has 2 aromatic heterocycles. The number of benzene rings is 1. The fraction of sp³-hybridized carbons (Fsp3) is 0.167. The second-order valence-corrected chi connectivity index (χ2v) is 5.14. The van der Waals surface area contributed by atoms with Gasteiger partial charge in [-0.15, -0.1) is 0 Å². The molecule has 3 aromatic rings. The lowest BCUT2D eigenvalue weighted by molar-refractivity contribution is 0.979. The van der Waals surface area contributed by atoms with Crippen molar-refractivity contribution in [1.82, 2.24) is 15.0 Å². The fourth-order valence-corrected chi connectivity index (χ4v) is 2.20. The number of nitrogens with one attached hydrogen (secondary N) is 2. The lowest BCUT2D eigenvalue weighted by Gasteiger charge is -2.08. The van der Waals surface area contributed by atoms with Gasteiger partial charge in [0.15, 0.2) is 0 Å². The summed E-state index contributed by atoms with van der Waals surface area (Å²) < 4.78 is 0. The Kier molecular flexibility index (Phi) is 5.13. The summed E-state index contributed by atoms with van der Waals surface area (Å²) in [7, 11) is 0. The summed E-state index contributed by atoms with van der Waals surface area (Å²) >= 11 is 0. The smallest absolute Gasteiger partial charge is 0.224 e. The third-order valence-corrected chi connectivity index (χ3v) is 3.42. The number of aromatic nitrogens is 3. The highest BCUT2D eigenvalue weighted by atomic mass is 15.1. The zero-order chi connectivity index (χ0) is 15.7. The van der Waals surface area contributed by atoms with E-state index in [4.69, 9.17) is 0 Å². The van der Waals surface area contributed by atoms with Crippen LogP contribution < -0.4 is 10.6 Å². The minimum absolute atomic E-state index is 0.639. The third kappa shape index (κ3) is 4.78. The molecule has 0 spiro atoms. The summed E-state index contributed by atoms with van der Waals surface area (Å²) in [5, 5.41) is 6.55. The van der Waals surface area contributed by atoms with Gasteiger partial charge in [-0.3, -0.25) is 4.98 Å². The van der Waals surface area contributed by atoms with Crippen LogP contribution in [0.5, 0.6) is 0 Å². The van der Waals surface area contributed by atoms with Crippen LogP contribution in [0.1, 0.15) is 11.1 Å². The Hall–Kier alpha value is -2.95. The predicted octanol–water partition coefficient (Wildman–Crippen LogP) is 3.14. The summed E-state index contributed by atoms with van der Waals surface area (Å²) in [5.41, 5.74) is 2.46. The number of rotatable bonds is 7.